The monoisotopic (exact) mass is 247 g/mol. The minimum absolute atomic E-state index is 0.377. The second-order valence-electron chi connectivity index (χ2n) is 3.67. The second kappa shape index (κ2) is 6.14. The maximum absolute atomic E-state index is 5.79. The molecule has 5 heteroatoms. The Kier molecular flexibility index (Phi) is 4.83. The number of fused-ring (bicyclic) bond motifs is 1. The largest absolute Gasteiger partial charge is 0.368 e. The van der Waals surface area contributed by atoms with Crippen LogP contribution in [-0.2, 0) is 0 Å². The van der Waals surface area contributed by atoms with Gasteiger partial charge in [-0.15, -0.1) is 5.10 Å². The minimum Gasteiger partial charge on any atom is -0.368 e. The summed E-state index contributed by atoms with van der Waals surface area (Å²) in [4.78, 5) is 8.62. The number of nitrogens with two attached hydrogens (primary N) is 1. The summed E-state index contributed by atoms with van der Waals surface area (Å²) in [6.07, 6.45) is 5.07. The molecule has 0 aromatic carbocycles. The Hall–Kier alpha value is -1.91. The van der Waals surface area contributed by atoms with Gasteiger partial charge in [-0.2, -0.15) is 4.52 Å². The van der Waals surface area contributed by atoms with Gasteiger partial charge in [0, 0.05) is 5.56 Å². The fourth-order valence-electron chi connectivity index (χ4n) is 1.62. The fraction of sp³-hybridized carbons (Fsp3) is 0.462. The van der Waals surface area contributed by atoms with E-state index in [1.807, 2.05) is 33.8 Å². The van der Waals surface area contributed by atoms with Crippen molar-refractivity contribution < 1.29 is 0 Å². The van der Waals surface area contributed by atoms with E-state index in [1.165, 1.54) is 0 Å². The zero-order valence-electron chi connectivity index (χ0n) is 11.7. The molecular weight excluding hydrogens is 226 g/mol. The van der Waals surface area contributed by atoms with Crippen LogP contribution in [0.3, 0.4) is 0 Å². The van der Waals surface area contributed by atoms with Gasteiger partial charge in [0.15, 0.2) is 5.65 Å². The van der Waals surface area contributed by atoms with Crippen LogP contribution in [0.5, 0.6) is 0 Å². The highest BCUT2D eigenvalue weighted by atomic mass is 15.3. The molecule has 5 nitrogen and oxygen atoms in total. The van der Waals surface area contributed by atoms with Crippen LogP contribution in [0.2, 0.25) is 0 Å². The van der Waals surface area contributed by atoms with Crippen LogP contribution in [0.1, 0.15) is 44.3 Å². The Morgan fingerprint density at radius 2 is 1.89 bits per heavy atom. The van der Waals surface area contributed by atoms with Gasteiger partial charge in [0.1, 0.15) is 5.82 Å². The molecule has 0 saturated carbocycles. The molecule has 0 unspecified atom stereocenters. The van der Waals surface area contributed by atoms with Crippen LogP contribution < -0.4 is 5.73 Å². The topological polar surface area (TPSA) is 69.1 Å². The SMILES string of the molecule is CC.CC/C=C\c1c(C)nc(N)n2nc(C)nc12. The van der Waals surface area contributed by atoms with Crippen LogP contribution in [0.4, 0.5) is 5.95 Å². The molecular formula is C13H21N5. The number of hydrogen-bond donors (Lipinski definition) is 1. The van der Waals surface area contributed by atoms with E-state index in [4.69, 9.17) is 5.73 Å². The summed E-state index contributed by atoms with van der Waals surface area (Å²) in [6, 6.07) is 0. The van der Waals surface area contributed by atoms with E-state index >= 15 is 0 Å². The van der Waals surface area contributed by atoms with Crippen LogP contribution in [0.25, 0.3) is 11.7 Å². The normalized spacial score (nSPS) is 10.7. The van der Waals surface area contributed by atoms with Gasteiger partial charge in [0.25, 0.3) is 0 Å². The summed E-state index contributed by atoms with van der Waals surface area (Å²) < 4.78 is 1.58. The quantitative estimate of drug-likeness (QED) is 0.886. The molecule has 2 rings (SSSR count). The Morgan fingerprint density at radius 3 is 2.50 bits per heavy atom. The minimum atomic E-state index is 0.377. The molecule has 2 aromatic heterocycles. The van der Waals surface area contributed by atoms with E-state index in [2.05, 4.69) is 28.1 Å². The molecule has 0 bridgehead atoms. The number of rotatable bonds is 2. The van der Waals surface area contributed by atoms with Gasteiger partial charge in [-0.25, -0.2) is 9.97 Å². The average molecular weight is 247 g/mol. The summed E-state index contributed by atoms with van der Waals surface area (Å²) in [6.45, 7) is 9.85. The van der Waals surface area contributed by atoms with Crippen molar-refractivity contribution in [1.29, 1.82) is 0 Å². The lowest BCUT2D eigenvalue weighted by Gasteiger charge is -2.03. The number of allylic oxidation sites excluding steroid dienone is 1. The molecule has 0 spiro atoms. The summed E-state index contributed by atoms with van der Waals surface area (Å²) in [7, 11) is 0. The third-order valence-corrected chi connectivity index (χ3v) is 2.36. The second-order valence-corrected chi connectivity index (χ2v) is 3.67. The van der Waals surface area contributed by atoms with Gasteiger partial charge < -0.3 is 5.73 Å². The van der Waals surface area contributed by atoms with E-state index in [-0.39, 0.29) is 0 Å². The summed E-state index contributed by atoms with van der Waals surface area (Å²) in [5, 5.41) is 4.21. The van der Waals surface area contributed by atoms with E-state index in [1.54, 1.807) is 4.52 Å². The van der Waals surface area contributed by atoms with Gasteiger partial charge in [0.2, 0.25) is 5.95 Å². The van der Waals surface area contributed by atoms with Crippen LogP contribution in [0.15, 0.2) is 6.08 Å². The zero-order chi connectivity index (χ0) is 13.7. The van der Waals surface area contributed by atoms with Crippen LogP contribution in [-0.4, -0.2) is 19.6 Å². The first-order valence-electron chi connectivity index (χ1n) is 6.29. The molecule has 0 atom stereocenters. The van der Waals surface area contributed by atoms with Crippen molar-refractivity contribution in [2.45, 2.75) is 41.0 Å². The Balaban J connectivity index is 0.000000771. The van der Waals surface area contributed by atoms with Gasteiger partial charge >= 0.3 is 0 Å². The van der Waals surface area contributed by atoms with Crippen LogP contribution >= 0.6 is 0 Å². The number of aromatic nitrogens is 4. The molecule has 0 radical (unpaired) electrons. The maximum atomic E-state index is 5.79. The van der Waals surface area contributed by atoms with E-state index in [9.17, 15) is 0 Å². The van der Waals surface area contributed by atoms with Gasteiger partial charge in [-0.3, -0.25) is 0 Å². The highest BCUT2D eigenvalue weighted by Crippen LogP contribution is 2.17. The van der Waals surface area contributed by atoms with Crippen molar-refractivity contribution in [2.75, 3.05) is 5.73 Å². The summed E-state index contributed by atoms with van der Waals surface area (Å²) in [5.74, 6) is 1.08. The van der Waals surface area contributed by atoms with Gasteiger partial charge in [0.05, 0.1) is 5.69 Å². The summed E-state index contributed by atoms with van der Waals surface area (Å²) >= 11 is 0. The smallest absolute Gasteiger partial charge is 0.223 e. The van der Waals surface area contributed by atoms with Gasteiger partial charge in [-0.1, -0.05) is 32.9 Å². The molecule has 2 aromatic rings. The van der Waals surface area contributed by atoms with Crippen molar-refractivity contribution >= 4 is 17.7 Å². The van der Waals surface area contributed by atoms with Crippen molar-refractivity contribution in [1.82, 2.24) is 19.6 Å². The van der Waals surface area contributed by atoms with E-state index in [0.29, 0.717) is 11.8 Å². The molecule has 0 fully saturated rings. The molecule has 2 heterocycles. The predicted molar refractivity (Wildman–Crippen MR) is 75.3 cm³/mol. The molecule has 0 aliphatic carbocycles. The first-order valence-corrected chi connectivity index (χ1v) is 6.29. The Labute approximate surface area is 108 Å². The van der Waals surface area contributed by atoms with Crippen LogP contribution in [0, 0.1) is 13.8 Å². The molecule has 98 valence electrons. The van der Waals surface area contributed by atoms with E-state index in [0.717, 1.165) is 23.3 Å². The zero-order valence-corrected chi connectivity index (χ0v) is 11.7. The number of nitrogen functional groups attached to an aromatic ring is 1. The Bertz CT molecular complexity index is 554. The highest BCUT2D eigenvalue weighted by molar-refractivity contribution is 5.68. The predicted octanol–water partition coefficient (Wildman–Crippen LogP) is 2.77. The third kappa shape index (κ3) is 2.67. The lowest BCUT2D eigenvalue weighted by Crippen LogP contribution is -2.05. The van der Waals surface area contributed by atoms with Crippen molar-refractivity contribution in [3.63, 3.8) is 0 Å². The molecule has 0 saturated heterocycles. The average Bonchev–Trinajstić information content (AvgIpc) is 2.74. The van der Waals surface area contributed by atoms with Crippen molar-refractivity contribution in [3.8, 4) is 0 Å². The Morgan fingerprint density at radius 1 is 1.22 bits per heavy atom. The lowest BCUT2D eigenvalue weighted by molar-refractivity contribution is 0.904. The van der Waals surface area contributed by atoms with E-state index < -0.39 is 0 Å². The molecule has 18 heavy (non-hydrogen) atoms. The fourth-order valence-corrected chi connectivity index (χ4v) is 1.62. The molecule has 0 amide bonds. The third-order valence-electron chi connectivity index (χ3n) is 2.36. The van der Waals surface area contributed by atoms with Gasteiger partial charge in [-0.05, 0) is 20.3 Å². The number of aryl methyl sites for hydroxylation is 2. The standard InChI is InChI=1S/C11H15N5.C2H6/c1-4-5-6-9-7(2)13-11(12)16-10(9)14-8(3)15-16;1-2/h5-6H,4H2,1-3H3,(H2,12,13);1-2H3/b6-5-;. The number of anilines is 1. The molecule has 0 aliphatic rings. The first-order chi connectivity index (χ1) is 8.63. The first kappa shape index (κ1) is 14.2. The molecule has 2 N–H and O–H groups in total. The van der Waals surface area contributed by atoms with Crippen molar-refractivity contribution in [2.24, 2.45) is 0 Å². The number of nitrogens with zero attached hydrogens (tertiary/aromatic N) is 4. The highest BCUT2D eigenvalue weighted by Gasteiger charge is 2.10. The maximum Gasteiger partial charge on any atom is 0.223 e. The number of hydrogen-bond acceptors (Lipinski definition) is 4. The summed E-state index contributed by atoms with van der Waals surface area (Å²) in [5.41, 5.74) is 8.42. The van der Waals surface area contributed by atoms with Crippen molar-refractivity contribution in [3.05, 3.63) is 23.2 Å². The molecule has 0 aliphatic heterocycles. The lowest BCUT2D eigenvalue weighted by atomic mass is 10.2.